The van der Waals surface area contributed by atoms with Gasteiger partial charge in [-0.05, 0) is 50.3 Å². The first kappa shape index (κ1) is 23.1. The standard InChI is InChI=1S/C22H25N7OS.C2H6/c1-13-8-16(4-7-24-13)27-22-25-10-17(21-28-18-5-6-23-11-19(18)31-21)20(29-22)26-15-3-2-14(9-15)12-30;1-2/h4-8,11,14-15,26,30H,2-3,9-10,12H2,1H3,(H2,24,25,27,29);1-2H3. The second kappa shape index (κ2) is 10.7. The van der Waals surface area contributed by atoms with Crippen LogP contribution in [0.3, 0.4) is 0 Å². The molecule has 0 amide bonds. The lowest BCUT2D eigenvalue weighted by atomic mass is 10.1. The highest BCUT2D eigenvalue weighted by molar-refractivity contribution is 7.19. The molecule has 8 nitrogen and oxygen atoms in total. The van der Waals surface area contributed by atoms with Crippen LogP contribution < -0.4 is 16.0 Å². The summed E-state index contributed by atoms with van der Waals surface area (Å²) in [5, 5.41) is 20.9. The van der Waals surface area contributed by atoms with Gasteiger partial charge >= 0.3 is 0 Å². The van der Waals surface area contributed by atoms with E-state index in [9.17, 15) is 5.11 Å². The minimum absolute atomic E-state index is 0.248. The van der Waals surface area contributed by atoms with Gasteiger partial charge in [-0.25, -0.2) is 9.98 Å². The number of rotatable bonds is 5. The number of anilines is 1. The maximum atomic E-state index is 9.52. The molecule has 1 aliphatic carbocycles. The lowest BCUT2D eigenvalue weighted by Gasteiger charge is -2.26. The van der Waals surface area contributed by atoms with E-state index in [0.29, 0.717) is 24.5 Å². The Morgan fingerprint density at radius 1 is 1.21 bits per heavy atom. The first-order chi connectivity index (χ1) is 16.2. The number of nitrogens with one attached hydrogen (secondary N) is 3. The molecule has 2 unspecified atom stereocenters. The van der Waals surface area contributed by atoms with Crippen molar-refractivity contribution < 1.29 is 5.11 Å². The number of pyridine rings is 2. The zero-order valence-corrected chi connectivity index (χ0v) is 20.1. The van der Waals surface area contributed by atoms with Gasteiger partial charge in [-0.3, -0.25) is 9.97 Å². The Balaban J connectivity index is 0.00000126. The molecular weight excluding hydrogens is 434 g/mol. The van der Waals surface area contributed by atoms with Crippen molar-refractivity contribution >= 4 is 38.8 Å². The summed E-state index contributed by atoms with van der Waals surface area (Å²) in [6, 6.07) is 6.16. The molecule has 174 valence electrons. The van der Waals surface area contributed by atoms with Gasteiger partial charge in [0.05, 0.1) is 16.8 Å². The van der Waals surface area contributed by atoms with Crippen molar-refractivity contribution in [3.8, 4) is 0 Å². The molecule has 3 aromatic heterocycles. The predicted molar refractivity (Wildman–Crippen MR) is 135 cm³/mol. The minimum Gasteiger partial charge on any atom is -0.396 e. The Hall–Kier alpha value is -3.04. The van der Waals surface area contributed by atoms with Crippen LogP contribution in [0, 0.1) is 12.8 Å². The summed E-state index contributed by atoms with van der Waals surface area (Å²) in [6.45, 7) is 6.73. The number of hydrogen-bond donors (Lipinski definition) is 4. The zero-order valence-electron chi connectivity index (χ0n) is 19.3. The molecule has 5 rings (SSSR count). The quantitative estimate of drug-likeness (QED) is 0.452. The van der Waals surface area contributed by atoms with Crippen LogP contribution in [0.5, 0.6) is 0 Å². The van der Waals surface area contributed by atoms with Crippen LogP contribution in [0.25, 0.3) is 15.8 Å². The number of fused-ring (bicyclic) bond motifs is 1. The lowest BCUT2D eigenvalue weighted by Crippen LogP contribution is -2.42. The van der Waals surface area contributed by atoms with Gasteiger partial charge in [-0.15, -0.1) is 11.3 Å². The van der Waals surface area contributed by atoms with Gasteiger partial charge in [0.25, 0.3) is 0 Å². The molecule has 4 N–H and O–H groups in total. The van der Waals surface area contributed by atoms with Crippen LogP contribution in [0.1, 0.15) is 43.8 Å². The minimum atomic E-state index is 0.248. The average molecular weight is 466 g/mol. The smallest absolute Gasteiger partial charge is 0.201 e. The SMILES string of the molecule is CC.Cc1cc(NC2=NCC(c3nc4ccncc4s3)=C(NC3CCC(CO)C3)N2)ccn1. The second-order valence-corrected chi connectivity index (χ2v) is 9.05. The third kappa shape index (κ3) is 5.48. The van der Waals surface area contributed by atoms with Crippen molar-refractivity contribution in [3.63, 3.8) is 0 Å². The summed E-state index contributed by atoms with van der Waals surface area (Å²) < 4.78 is 1.06. The molecule has 1 fully saturated rings. The molecular formula is C24H31N7OS. The Labute approximate surface area is 198 Å². The average Bonchev–Trinajstić information content (AvgIpc) is 3.47. The highest BCUT2D eigenvalue weighted by Crippen LogP contribution is 2.31. The normalized spacial score (nSPS) is 20.1. The summed E-state index contributed by atoms with van der Waals surface area (Å²) >= 11 is 1.63. The van der Waals surface area contributed by atoms with Crippen LogP contribution in [0.15, 0.2) is 47.6 Å². The molecule has 0 saturated heterocycles. The number of aryl methyl sites for hydroxylation is 1. The molecule has 0 aromatic carbocycles. The molecule has 1 aliphatic heterocycles. The van der Waals surface area contributed by atoms with Gasteiger partial charge in [-0.2, -0.15) is 0 Å². The third-order valence-electron chi connectivity index (χ3n) is 5.70. The Morgan fingerprint density at radius 3 is 2.85 bits per heavy atom. The molecule has 0 radical (unpaired) electrons. The van der Waals surface area contributed by atoms with E-state index < -0.39 is 0 Å². The first-order valence-corrected chi connectivity index (χ1v) is 12.3. The van der Waals surface area contributed by atoms with Crippen molar-refractivity contribution in [1.82, 2.24) is 25.6 Å². The van der Waals surface area contributed by atoms with Crippen LogP contribution in [-0.2, 0) is 0 Å². The molecule has 2 aliphatic rings. The largest absolute Gasteiger partial charge is 0.396 e. The highest BCUT2D eigenvalue weighted by Gasteiger charge is 2.27. The van der Waals surface area contributed by atoms with Crippen LogP contribution in [0.4, 0.5) is 5.69 Å². The fourth-order valence-corrected chi connectivity index (χ4v) is 5.06. The molecule has 33 heavy (non-hydrogen) atoms. The Kier molecular flexibility index (Phi) is 7.51. The van der Waals surface area contributed by atoms with E-state index in [-0.39, 0.29) is 6.61 Å². The van der Waals surface area contributed by atoms with Gasteiger partial charge in [0.15, 0.2) is 0 Å². The number of guanidine groups is 1. The van der Waals surface area contributed by atoms with Crippen LogP contribution in [0.2, 0.25) is 0 Å². The van der Waals surface area contributed by atoms with E-state index in [1.54, 1.807) is 23.7 Å². The number of hydrogen-bond acceptors (Lipinski definition) is 9. The van der Waals surface area contributed by atoms with E-state index in [2.05, 4.69) is 25.9 Å². The topological polar surface area (TPSA) is 107 Å². The molecule has 4 heterocycles. The van der Waals surface area contributed by atoms with Crippen molar-refractivity contribution in [3.05, 3.63) is 53.3 Å². The molecule has 9 heteroatoms. The number of aliphatic hydroxyl groups is 1. The van der Waals surface area contributed by atoms with E-state index in [1.165, 1.54) is 0 Å². The summed E-state index contributed by atoms with van der Waals surface area (Å²) in [5.41, 5.74) is 3.88. The van der Waals surface area contributed by atoms with Crippen LogP contribution >= 0.6 is 11.3 Å². The summed E-state index contributed by atoms with van der Waals surface area (Å²) in [7, 11) is 0. The van der Waals surface area contributed by atoms with Crippen LogP contribution in [-0.4, -0.2) is 45.2 Å². The summed E-state index contributed by atoms with van der Waals surface area (Å²) in [6.07, 6.45) is 8.44. The second-order valence-electron chi connectivity index (χ2n) is 8.02. The van der Waals surface area contributed by atoms with Crippen molar-refractivity contribution in [1.29, 1.82) is 0 Å². The molecule has 0 spiro atoms. The van der Waals surface area contributed by atoms with E-state index >= 15 is 0 Å². The molecule has 1 saturated carbocycles. The van der Waals surface area contributed by atoms with Crippen molar-refractivity contribution in [2.24, 2.45) is 10.9 Å². The maximum Gasteiger partial charge on any atom is 0.201 e. The predicted octanol–water partition coefficient (Wildman–Crippen LogP) is 3.91. The fraction of sp³-hybridized carbons (Fsp3) is 0.417. The van der Waals surface area contributed by atoms with Crippen molar-refractivity contribution in [2.75, 3.05) is 18.5 Å². The van der Waals surface area contributed by atoms with Crippen molar-refractivity contribution in [2.45, 2.75) is 46.1 Å². The number of nitrogens with zero attached hydrogens (tertiary/aromatic N) is 4. The zero-order chi connectivity index (χ0) is 23.2. The van der Waals surface area contributed by atoms with Gasteiger partial charge < -0.3 is 21.1 Å². The number of thiazole rings is 1. The summed E-state index contributed by atoms with van der Waals surface area (Å²) in [4.78, 5) is 18.0. The lowest BCUT2D eigenvalue weighted by molar-refractivity contribution is 0.228. The maximum absolute atomic E-state index is 9.52. The fourth-order valence-electron chi connectivity index (χ4n) is 4.08. The molecule has 3 aromatic rings. The molecule has 2 atom stereocenters. The Bertz CT molecular complexity index is 1120. The number of aliphatic imine (C=N–C) groups is 1. The van der Waals surface area contributed by atoms with Gasteiger partial charge in [0.1, 0.15) is 10.8 Å². The molecule has 0 bridgehead atoms. The number of aliphatic hydroxyl groups excluding tert-OH is 1. The van der Waals surface area contributed by atoms with E-state index in [0.717, 1.165) is 57.3 Å². The third-order valence-corrected chi connectivity index (χ3v) is 6.76. The number of aromatic nitrogens is 3. The van der Waals surface area contributed by atoms with Gasteiger partial charge in [0, 0.05) is 48.2 Å². The first-order valence-electron chi connectivity index (χ1n) is 11.5. The van der Waals surface area contributed by atoms with E-state index in [1.807, 2.05) is 45.2 Å². The van der Waals surface area contributed by atoms with Gasteiger partial charge in [0.2, 0.25) is 5.96 Å². The monoisotopic (exact) mass is 465 g/mol. The highest BCUT2D eigenvalue weighted by atomic mass is 32.1. The summed E-state index contributed by atoms with van der Waals surface area (Å²) in [5.74, 6) is 1.99. The van der Waals surface area contributed by atoms with E-state index in [4.69, 9.17) is 9.98 Å². The van der Waals surface area contributed by atoms with Gasteiger partial charge in [-0.1, -0.05) is 13.8 Å². The Morgan fingerprint density at radius 2 is 2.09 bits per heavy atom.